The molecule has 0 radical (unpaired) electrons. The maximum atomic E-state index is 13.7. The summed E-state index contributed by atoms with van der Waals surface area (Å²) in [5, 5.41) is 6.55. The molecule has 0 amide bonds. The summed E-state index contributed by atoms with van der Waals surface area (Å²) in [5.74, 6) is 1.14. The van der Waals surface area contributed by atoms with Crippen LogP contribution >= 0.6 is 24.0 Å². The third kappa shape index (κ3) is 10.6. The van der Waals surface area contributed by atoms with Crippen LogP contribution in [-0.2, 0) is 27.4 Å². The Kier molecular flexibility index (Phi) is 14.2. The zero-order valence-electron chi connectivity index (χ0n) is 17.5. The Morgan fingerprint density at radius 2 is 2.07 bits per heavy atom. The predicted octanol–water partition coefficient (Wildman–Crippen LogP) is 3.48. The predicted molar refractivity (Wildman–Crippen MR) is 124 cm³/mol. The van der Waals surface area contributed by atoms with Crippen molar-refractivity contribution in [3.8, 4) is 0 Å². The number of aliphatic imine (C=N–C) groups is 1. The number of methoxy groups -OCH3 is 1. The van der Waals surface area contributed by atoms with Crippen LogP contribution in [0.5, 0.6) is 0 Å². The fraction of sp³-hybridized carbons (Fsp3) is 0.667. The average Bonchev–Trinajstić information content (AvgIpc) is 2.71. The molecule has 0 atom stereocenters. The van der Waals surface area contributed by atoms with Gasteiger partial charge in [0.15, 0.2) is 5.96 Å². The molecule has 166 valence electrons. The molecule has 0 saturated carbocycles. The summed E-state index contributed by atoms with van der Waals surface area (Å²) in [7, 11) is 1.56. The molecule has 0 bridgehead atoms. The van der Waals surface area contributed by atoms with Crippen LogP contribution in [0.2, 0.25) is 0 Å². The van der Waals surface area contributed by atoms with Gasteiger partial charge in [0.05, 0.1) is 13.2 Å². The second-order valence-electron chi connectivity index (χ2n) is 6.96. The van der Waals surface area contributed by atoms with E-state index in [0.29, 0.717) is 18.0 Å². The molecule has 1 aliphatic heterocycles. The van der Waals surface area contributed by atoms with E-state index in [1.165, 1.54) is 6.07 Å². The number of nitrogens with zero attached hydrogens (tertiary/aromatic N) is 1. The van der Waals surface area contributed by atoms with Crippen LogP contribution in [0.1, 0.15) is 37.3 Å². The van der Waals surface area contributed by atoms with Gasteiger partial charge in [-0.2, -0.15) is 0 Å². The number of nitrogens with one attached hydrogen (secondary N) is 2. The van der Waals surface area contributed by atoms with E-state index in [4.69, 9.17) is 14.2 Å². The Bertz CT molecular complexity index is 599. The first kappa shape index (κ1) is 26.1. The number of hydrogen-bond acceptors (Lipinski definition) is 4. The second kappa shape index (κ2) is 15.8. The normalized spacial score (nSPS) is 15.1. The van der Waals surface area contributed by atoms with E-state index < -0.39 is 0 Å². The van der Waals surface area contributed by atoms with Crippen molar-refractivity contribution in [1.29, 1.82) is 0 Å². The van der Waals surface area contributed by atoms with Crippen molar-refractivity contribution in [3.05, 3.63) is 35.1 Å². The number of halogens is 2. The molecule has 0 aromatic heterocycles. The molecule has 1 saturated heterocycles. The van der Waals surface area contributed by atoms with Gasteiger partial charge in [-0.15, -0.1) is 24.0 Å². The Labute approximate surface area is 191 Å². The minimum Gasteiger partial charge on any atom is -0.381 e. The fourth-order valence-corrected chi connectivity index (χ4v) is 3.05. The summed E-state index contributed by atoms with van der Waals surface area (Å²) >= 11 is 0. The summed E-state index contributed by atoms with van der Waals surface area (Å²) in [5.41, 5.74) is 1.50. The molecule has 0 unspecified atom stereocenters. The first-order valence-corrected chi connectivity index (χ1v) is 10.2. The topological polar surface area (TPSA) is 64.1 Å². The SMILES string of the molecule is CCNC(=NCc1ccc(F)c(COC)c1)NCCCOCC1CCOCC1.I. The third-order valence-electron chi connectivity index (χ3n) is 4.63. The standard InChI is InChI=1S/C21H34FN3O3.HI/c1-3-23-21(24-9-4-10-28-15-17-7-11-27-12-8-17)25-14-18-5-6-20(22)19(13-18)16-26-2;/h5-6,13,17H,3-4,7-12,14-16H2,1-2H3,(H2,23,24,25);1H. The molecular formula is C21H35FIN3O3. The first-order chi connectivity index (χ1) is 13.7. The van der Waals surface area contributed by atoms with E-state index in [1.807, 2.05) is 6.92 Å². The van der Waals surface area contributed by atoms with Crippen molar-refractivity contribution >= 4 is 29.9 Å². The van der Waals surface area contributed by atoms with Gasteiger partial charge in [-0.05, 0) is 49.8 Å². The van der Waals surface area contributed by atoms with Crippen LogP contribution in [0.25, 0.3) is 0 Å². The summed E-state index contributed by atoms with van der Waals surface area (Å²) in [6, 6.07) is 5.02. The van der Waals surface area contributed by atoms with Gasteiger partial charge in [0.2, 0.25) is 0 Å². The third-order valence-corrected chi connectivity index (χ3v) is 4.63. The van der Waals surface area contributed by atoms with Gasteiger partial charge in [-0.3, -0.25) is 0 Å². The first-order valence-electron chi connectivity index (χ1n) is 10.2. The van der Waals surface area contributed by atoms with Gasteiger partial charge in [0, 0.05) is 52.2 Å². The van der Waals surface area contributed by atoms with Crippen LogP contribution in [0.15, 0.2) is 23.2 Å². The van der Waals surface area contributed by atoms with Gasteiger partial charge in [0.25, 0.3) is 0 Å². The van der Waals surface area contributed by atoms with Crippen LogP contribution in [-0.4, -0.2) is 52.6 Å². The van der Waals surface area contributed by atoms with Crippen LogP contribution < -0.4 is 10.6 Å². The highest BCUT2D eigenvalue weighted by molar-refractivity contribution is 14.0. The van der Waals surface area contributed by atoms with Gasteiger partial charge in [0.1, 0.15) is 5.82 Å². The Morgan fingerprint density at radius 3 is 2.79 bits per heavy atom. The number of guanidine groups is 1. The van der Waals surface area contributed by atoms with E-state index in [0.717, 1.165) is 70.3 Å². The summed E-state index contributed by atoms with van der Waals surface area (Å²) in [6.07, 6.45) is 3.12. The highest BCUT2D eigenvalue weighted by Gasteiger charge is 2.13. The lowest BCUT2D eigenvalue weighted by molar-refractivity contribution is 0.0203. The Balaban J connectivity index is 0.00000420. The van der Waals surface area contributed by atoms with E-state index in [9.17, 15) is 4.39 Å². The Morgan fingerprint density at radius 1 is 1.28 bits per heavy atom. The quantitative estimate of drug-likeness (QED) is 0.201. The van der Waals surface area contributed by atoms with Crippen LogP contribution in [0.4, 0.5) is 4.39 Å². The van der Waals surface area contributed by atoms with E-state index in [1.54, 1.807) is 19.2 Å². The Hall–Kier alpha value is -0.970. The highest BCUT2D eigenvalue weighted by atomic mass is 127. The van der Waals surface area contributed by atoms with Gasteiger partial charge >= 0.3 is 0 Å². The smallest absolute Gasteiger partial charge is 0.191 e. The lowest BCUT2D eigenvalue weighted by Crippen LogP contribution is -2.38. The van der Waals surface area contributed by atoms with Crippen molar-refractivity contribution in [2.45, 2.75) is 39.3 Å². The molecule has 1 fully saturated rings. The zero-order chi connectivity index (χ0) is 20.0. The monoisotopic (exact) mass is 523 g/mol. The zero-order valence-corrected chi connectivity index (χ0v) is 19.9. The molecule has 1 aromatic rings. The van der Waals surface area contributed by atoms with Crippen molar-refractivity contribution in [3.63, 3.8) is 0 Å². The van der Waals surface area contributed by atoms with Crippen molar-refractivity contribution in [2.75, 3.05) is 46.6 Å². The minimum absolute atomic E-state index is 0. The van der Waals surface area contributed by atoms with E-state index >= 15 is 0 Å². The van der Waals surface area contributed by atoms with Crippen LogP contribution in [0, 0.1) is 11.7 Å². The summed E-state index contributed by atoms with van der Waals surface area (Å²) in [4.78, 5) is 4.58. The van der Waals surface area contributed by atoms with Gasteiger partial charge in [-0.25, -0.2) is 9.38 Å². The maximum absolute atomic E-state index is 13.7. The van der Waals surface area contributed by atoms with E-state index in [-0.39, 0.29) is 36.4 Å². The summed E-state index contributed by atoms with van der Waals surface area (Å²) < 4.78 is 29.9. The largest absolute Gasteiger partial charge is 0.381 e. The lowest BCUT2D eigenvalue weighted by Gasteiger charge is -2.21. The van der Waals surface area contributed by atoms with Crippen molar-refractivity contribution in [2.24, 2.45) is 10.9 Å². The number of ether oxygens (including phenoxy) is 3. The average molecular weight is 523 g/mol. The molecule has 2 rings (SSSR count). The molecule has 29 heavy (non-hydrogen) atoms. The van der Waals surface area contributed by atoms with Gasteiger partial charge < -0.3 is 24.8 Å². The molecular weight excluding hydrogens is 488 g/mol. The molecule has 6 nitrogen and oxygen atoms in total. The molecule has 1 heterocycles. The molecule has 1 aliphatic rings. The van der Waals surface area contributed by atoms with Gasteiger partial charge in [-0.1, -0.05) is 6.07 Å². The molecule has 2 N–H and O–H groups in total. The second-order valence-corrected chi connectivity index (χ2v) is 6.96. The minimum atomic E-state index is -0.250. The van der Waals surface area contributed by atoms with Crippen molar-refractivity contribution in [1.82, 2.24) is 10.6 Å². The molecule has 1 aromatic carbocycles. The molecule has 8 heteroatoms. The van der Waals surface area contributed by atoms with E-state index in [2.05, 4.69) is 15.6 Å². The highest BCUT2D eigenvalue weighted by Crippen LogP contribution is 2.14. The lowest BCUT2D eigenvalue weighted by atomic mass is 10.0. The summed E-state index contributed by atoms with van der Waals surface area (Å²) in [6.45, 7) is 7.62. The fourth-order valence-electron chi connectivity index (χ4n) is 3.05. The number of hydrogen-bond donors (Lipinski definition) is 2. The molecule has 0 spiro atoms. The maximum Gasteiger partial charge on any atom is 0.191 e. The van der Waals surface area contributed by atoms with Crippen molar-refractivity contribution < 1.29 is 18.6 Å². The number of benzene rings is 1. The van der Waals surface area contributed by atoms with Crippen LogP contribution in [0.3, 0.4) is 0 Å². The number of rotatable bonds is 11. The molecule has 0 aliphatic carbocycles.